The molecule has 5 heteroatoms. The highest BCUT2D eigenvalue weighted by atomic mass is 32.1. The fourth-order valence-corrected chi connectivity index (χ4v) is 3.81. The molecule has 3 rings (SSSR count). The van der Waals surface area contributed by atoms with Gasteiger partial charge in [-0.3, -0.25) is 4.79 Å². The molecule has 118 valence electrons. The molecule has 0 unspecified atom stereocenters. The number of nitriles is 1. The molecule has 2 aromatic heterocycles. The van der Waals surface area contributed by atoms with Gasteiger partial charge in [0.05, 0.1) is 5.56 Å². The summed E-state index contributed by atoms with van der Waals surface area (Å²) in [5, 5.41) is 10.9. The van der Waals surface area contributed by atoms with Gasteiger partial charge in [-0.15, -0.1) is 11.3 Å². The third-order valence-corrected chi connectivity index (χ3v) is 5.25. The highest BCUT2D eigenvalue weighted by Gasteiger charge is 2.27. The van der Waals surface area contributed by atoms with Crippen molar-refractivity contribution in [3.63, 3.8) is 0 Å². The van der Waals surface area contributed by atoms with Crippen LogP contribution in [0.15, 0.2) is 35.8 Å². The maximum absolute atomic E-state index is 12.8. The maximum atomic E-state index is 12.8. The molecule has 2 aromatic rings. The summed E-state index contributed by atoms with van der Waals surface area (Å²) in [6.45, 7) is 0.813. The van der Waals surface area contributed by atoms with Crippen molar-refractivity contribution in [2.24, 2.45) is 0 Å². The Hall–Kier alpha value is -2.19. The first-order valence-corrected chi connectivity index (χ1v) is 8.85. The van der Waals surface area contributed by atoms with Crippen LogP contribution in [0.3, 0.4) is 0 Å². The zero-order valence-electron chi connectivity index (χ0n) is 12.9. The van der Waals surface area contributed by atoms with Gasteiger partial charge in [-0.1, -0.05) is 6.07 Å². The molecule has 0 N–H and O–H groups in total. The topological polar surface area (TPSA) is 57.0 Å². The molecule has 1 fully saturated rings. The molecule has 0 saturated carbocycles. The predicted molar refractivity (Wildman–Crippen MR) is 90.3 cm³/mol. The van der Waals surface area contributed by atoms with E-state index in [1.807, 2.05) is 11.0 Å². The van der Waals surface area contributed by atoms with Gasteiger partial charge in [0.25, 0.3) is 5.91 Å². The van der Waals surface area contributed by atoms with Gasteiger partial charge >= 0.3 is 0 Å². The zero-order valence-corrected chi connectivity index (χ0v) is 13.8. The van der Waals surface area contributed by atoms with Gasteiger partial charge in [-0.2, -0.15) is 5.26 Å². The molecule has 23 heavy (non-hydrogen) atoms. The lowest BCUT2D eigenvalue weighted by Gasteiger charge is -2.36. The molecule has 0 radical (unpaired) electrons. The SMILES string of the molecule is N#Cc1ccc(C(=O)N2CCCC[C@H]2CCc2cccs2)cn1. The molecule has 1 aliphatic heterocycles. The van der Waals surface area contributed by atoms with E-state index in [9.17, 15) is 4.79 Å². The molecule has 1 aliphatic rings. The number of amides is 1. The van der Waals surface area contributed by atoms with Crippen LogP contribution < -0.4 is 0 Å². The summed E-state index contributed by atoms with van der Waals surface area (Å²) in [6.07, 6.45) is 6.87. The number of thiophene rings is 1. The summed E-state index contributed by atoms with van der Waals surface area (Å²) in [4.78, 5) is 20.2. The Bertz CT molecular complexity index is 688. The molecule has 0 aliphatic carbocycles. The van der Waals surface area contributed by atoms with Crippen LogP contribution in [-0.4, -0.2) is 28.4 Å². The lowest BCUT2D eigenvalue weighted by atomic mass is 9.96. The minimum Gasteiger partial charge on any atom is -0.336 e. The van der Waals surface area contributed by atoms with Gasteiger partial charge in [-0.05, 0) is 55.7 Å². The predicted octanol–water partition coefficient (Wildman–Crippen LogP) is 3.64. The minimum absolute atomic E-state index is 0.0397. The number of rotatable bonds is 4. The fraction of sp³-hybridized carbons (Fsp3) is 0.389. The van der Waals surface area contributed by atoms with E-state index >= 15 is 0 Å². The number of piperidine rings is 1. The standard InChI is InChI=1S/C18H19N3OS/c19-12-15-7-6-14(13-20-15)18(22)21-10-2-1-4-16(21)8-9-17-5-3-11-23-17/h3,5-7,11,13,16H,1-2,4,8-10H2/t16-/m0/s1. The molecule has 1 amide bonds. The van der Waals surface area contributed by atoms with E-state index < -0.39 is 0 Å². The maximum Gasteiger partial charge on any atom is 0.255 e. The first-order valence-electron chi connectivity index (χ1n) is 7.97. The Labute approximate surface area is 140 Å². The Morgan fingerprint density at radius 3 is 3.00 bits per heavy atom. The van der Waals surface area contributed by atoms with Gasteiger partial charge in [0.2, 0.25) is 0 Å². The first kappa shape index (κ1) is 15.7. The van der Waals surface area contributed by atoms with Crippen LogP contribution in [-0.2, 0) is 6.42 Å². The molecule has 1 saturated heterocycles. The number of carbonyl (C=O) groups excluding carboxylic acids is 1. The molecule has 1 atom stereocenters. The van der Waals surface area contributed by atoms with E-state index in [1.165, 1.54) is 17.5 Å². The van der Waals surface area contributed by atoms with Crippen molar-refractivity contribution in [3.8, 4) is 6.07 Å². The Balaban J connectivity index is 1.69. The van der Waals surface area contributed by atoms with E-state index in [0.717, 1.165) is 32.2 Å². The lowest BCUT2D eigenvalue weighted by Crippen LogP contribution is -2.44. The summed E-state index contributed by atoms with van der Waals surface area (Å²) >= 11 is 1.78. The van der Waals surface area contributed by atoms with Gasteiger partial charge in [-0.25, -0.2) is 4.98 Å². The third kappa shape index (κ3) is 3.77. The van der Waals surface area contributed by atoms with E-state index in [1.54, 1.807) is 23.5 Å². The molecule has 0 bridgehead atoms. The highest BCUT2D eigenvalue weighted by Crippen LogP contribution is 2.24. The van der Waals surface area contributed by atoms with Gasteiger partial charge in [0, 0.05) is 23.7 Å². The van der Waals surface area contributed by atoms with Crippen LogP contribution >= 0.6 is 11.3 Å². The number of hydrogen-bond donors (Lipinski definition) is 0. The summed E-state index contributed by atoms with van der Waals surface area (Å²) in [6, 6.07) is 9.83. The van der Waals surface area contributed by atoms with Crippen molar-refractivity contribution < 1.29 is 4.79 Å². The third-order valence-electron chi connectivity index (χ3n) is 4.32. The van der Waals surface area contributed by atoms with E-state index in [0.29, 0.717) is 17.3 Å². The van der Waals surface area contributed by atoms with Crippen LogP contribution in [0.4, 0.5) is 0 Å². The lowest BCUT2D eigenvalue weighted by molar-refractivity contribution is 0.0602. The Kier molecular flexibility index (Phi) is 5.04. The second-order valence-electron chi connectivity index (χ2n) is 5.81. The van der Waals surface area contributed by atoms with Crippen molar-refractivity contribution in [1.29, 1.82) is 5.26 Å². The second-order valence-corrected chi connectivity index (χ2v) is 6.84. The largest absolute Gasteiger partial charge is 0.336 e. The van der Waals surface area contributed by atoms with Gasteiger partial charge in [0.1, 0.15) is 11.8 Å². The number of aromatic nitrogens is 1. The van der Waals surface area contributed by atoms with Crippen LogP contribution in [0.5, 0.6) is 0 Å². The van der Waals surface area contributed by atoms with Gasteiger partial charge in [0.15, 0.2) is 0 Å². The Morgan fingerprint density at radius 2 is 2.30 bits per heavy atom. The van der Waals surface area contributed by atoms with Crippen molar-refractivity contribution >= 4 is 17.2 Å². The second kappa shape index (κ2) is 7.38. The fourth-order valence-electron chi connectivity index (χ4n) is 3.08. The van der Waals surface area contributed by atoms with Crippen LogP contribution in [0, 0.1) is 11.3 Å². The van der Waals surface area contributed by atoms with E-state index in [-0.39, 0.29) is 5.91 Å². The average molecular weight is 325 g/mol. The number of aryl methyl sites for hydroxylation is 1. The number of hydrogen-bond acceptors (Lipinski definition) is 4. The average Bonchev–Trinajstić information content (AvgIpc) is 3.13. The highest BCUT2D eigenvalue weighted by molar-refractivity contribution is 7.09. The quantitative estimate of drug-likeness (QED) is 0.862. The molecule has 4 nitrogen and oxygen atoms in total. The molecule has 0 spiro atoms. The monoisotopic (exact) mass is 325 g/mol. The van der Waals surface area contributed by atoms with E-state index in [2.05, 4.69) is 22.5 Å². The number of nitrogens with zero attached hydrogens (tertiary/aromatic N) is 3. The number of carbonyl (C=O) groups is 1. The van der Waals surface area contributed by atoms with Crippen molar-refractivity contribution in [2.75, 3.05) is 6.54 Å². The summed E-state index contributed by atoms with van der Waals surface area (Å²) < 4.78 is 0. The number of likely N-dealkylation sites (tertiary alicyclic amines) is 1. The summed E-state index contributed by atoms with van der Waals surface area (Å²) in [5.74, 6) is 0.0397. The summed E-state index contributed by atoms with van der Waals surface area (Å²) in [5.41, 5.74) is 0.918. The molecule has 0 aromatic carbocycles. The first-order chi connectivity index (χ1) is 11.3. The van der Waals surface area contributed by atoms with Crippen molar-refractivity contribution in [2.45, 2.75) is 38.1 Å². The van der Waals surface area contributed by atoms with Crippen LogP contribution in [0.2, 0.25) is 0 Å². The zero-order chi connectivity index (χ0) is 16.1. The normalized spacial score (nSPS) is 17.7. The molecular weight excluding hydrogens is 306 g/mol. The van der Waals surface area contributed by atoms with Crippen molar-refractivity contribution in [1.82, 2.24) is 9.88 Å². The number of pyridine rings is 1. The molecular formula is C18H19N3OS. The van der Waals surface area contributed by atoms with E-state index in [4.69, 9.17) is 5.26 Å². The smallest absolute Gasteiger partial charge is 0.255 e. The summed E-state index contributed by atoms with van der Waals surface area (Å²) in [7, 11) is 0. The van der Waals surface area contributed by atoms with Crippen molar-refractivity contribution in [3.05, 3.63) is 52.0 Å². The Morgan fingerprint density at radius 1 is 1.39 bits per heavy atom. The molecule has 3 heterocycles. The minimum atomic E-state index is 0.0397. The van der Waals surface area contributed by atoms with Gasteiger partial charge < -0.3 is 4.90 Å². The van der Waals surface area contributed by atoms with Crippen LogP contribution in [0.1, 0.15) is 46.6 Å². The van der Waals surface area contributed by atoms with Crippen LogP contribution in [0.25, 0.3) is 0 Å².